The Bertz CT molecular complexity index is 704. The minimum atomic E-state index is 0.485. The van der Waals surface area contributed by atoms with E-state index >= 15 is 0 Å². The van der Waals surface area contributed by atoms with Gasteiger partial charge in [-0.25, -0.2) is 4.98 Å². The summed E-state index contributed by atoms with van der Waals surface area (Å²) in [4.78, 5) is 8.22. The third-order valence-corrected chi connectivity index (χ3v) is 3.22. The van der Waals surface area contributed by atoms with Gasteiger partial charge in [-0.15, -0.1) is 0 Å². The Balaban J connectivity index is 1.55. The fourth-order valence-corrected chi connectivity index (χ4v) is 2.24. The molecule has 3 N–H and O–H groups in total. The van der Waals surface area contributed by atoms with Crippen LogP contribution in [0.5, 0.6) is 0 Å². The van der Waals surface area contributed by atoms with Crippen LogP contribution < -0.4 is 11.1 Å². The van der Waals surface area contributed by atoms with Crippen LogP contribution in [0.3, 0.4) is 0 Å². The van der Waals surface area contributed by atoms with Crippen LogP contribution in [0.4, 0.5) is 11.8 Å². The van der Waals surface area contributed by atoms with Crippen molar-refractivity contribution in [3.8, 4) is 0 Å². The van der Waals surface area contributed by atoms with Gasteiger partial charge in [-0.3, -0.25) is 0 Å². The summed E-state index contributed by atoms with van der Waals surface area (Å²) >= 11 is 0. The van der Waals surface area contributed by atoms with Gasteiger partial charge >= 0.3 is 0 Å². The first-order valence-corrected chi connectivity index (χ1v) is 6.69. The lowest BCUT2D eigenvalue weighted by Gasteiger charge is -2.07. The Morgan fingerprint density at radius 2 is 2.05 bits per heavy atom. The van der Waals surface area contributed by atoms with E-state index in [0.717, 1.165) is 19.5 Å². The van der Waals surface area contributed by atoms with Gasteiger partial charge in [0.15, 0.2) is 0 Å². The van der Waals surface area contributed by atoms with Crippen molar-refractivity contribution in [2.75, 3.05) is 17.6 Å². The molecule has 3 rings (SSSR count). The highest BCUT2D eigenvalue weighted by molar-refractivity contribution is 5.79. The molecule has 0 spiro atoms. The van der Waals surface area contributed by atoms with Crippen molar-refractivity contribution >= 4 is 22.7 Å². The van der Waals surface area contributed by atoms with Crippen molar-refractivity contribution < 1.29 is 0 Å². The van der Waals surface area contributed by atoms with Gasteiger partial charge in [-0.2, -0.15) is 4.98 Å². The number of aryl methyl sites for hydroxylation is 1. The van der Waals surface area contributed by atoms with E-state index in [1.807, 2.05) is 0 Å². The van der Waals surface area contributed by atoms with E-state index < -0.39 is 0 Å². The Labute approximate surface area is 117 Å². The van der Waals surface area contributed by atoms with Gasteiger partial charge in [-0.05, 0) is 30.0 Å². The molecular formula is C15H17N5. The lowest BCUT2D eigenvalue weighted by Crippen LogP contribution is -2.09. The molecule has 0 aliphatic rings. The fraction of sp³-hybridized carbons (Fsp3) is 0.200. The summed E-state index contributed by atoms with van der Waals surface area (Å²) in [5, 5.41) is 4.46. The number of rotatable bonds is 5. The van der Waals surface area contributed by atoms with Crippen LogP contribution >= 0.6 is 0 Å². The number of anilines is 2. The Morgan fingerprint density at radius 3 is 2.95 bits per heavy atom. The summed E-state index contributed by atoms with van der Waals surface area (Å²) in [7, 11) is 0. The minimum Gasteiger partial charge on any atom is -0.384 e. The molecule has 5 heteroatoms. The van der Waals surface area contributed by atoms with E-state index in [1.54, 1.807) is 12.3 Å². The third kappa shape index (κ3) is 2.71. The number of nitrogens with zero attached hydrogens (tertiary/aromatic N) is 3. The second-order valence-corrected chi connectivity index (χ2v) is 4.65. The predicted molar refractivity (Wildman–Crippen MR) is 81.5 cm³/mol. The van der Waals surface area contributed by atoms with Gasteiger partial charge < -0.3 is 15.6 Å². The van der Waals surface area contributed by atoms with E-state index in [1.165, 1.54) is 10.9 Å². The minimum absolute atomic E-state index is 0.485. The molecule has 102 valence electrons. The Morgan fingerprint density at radius 1 is 1.15 bits per heavy atom. The Hall–Kier alpha value is -2.56. The predicted octanol–water partition coefficient (Wildman–Crippen LogP) is 2.52. The smallest absolute Gasteiger partial charge is 0.224 e. The fourth-order valence-electron chi connectivity index (χ4n) is 2.24. The lowest BCUT2D eigenvalue weighted by atomic mass is 10.2. The lowest BCUT2D eigenvalue weighted by molar-refractivity contribution is 0.681. The van der Waals surface area contributed by atoms with Gasteiger partial charge in [0, 0.05) is 31.0 Å². The number of nitrogen functional groups attached to an aromatic ring is 1. The van der Waals surface area contributed by atoms with Gasteiger partial charge in [0.1, 0.15) is 5.82 Å². The molecule has 20 heavy (non-hydrogen) atoms. The average Bonchev–Trinajstić information content (AvgIpc) is 2.87. The zero-order chi connectivity index (χ0) is 13.8. The van der Waals surface area contributed by atoms with Crippen molar-refractivity contribution in [2.24, 2.45) is 0 Å². The van der Waals surface area contributed by atoms with Crippen LogP contribution in [0, 0.1) is 0 Å². The van der Waals surface area contributed by atoms with E-state index in [4.69, 9.17) is 5.73 Å². The second-order valence-electron chi connectivity index (χ2n) is 4.65. The molecular weight excluding hydrogens is 250 g/mol. The topological polar surface area (TPSA) is 68.8 Å². The summed E-state index contributed by atoms with van der Waals surface area (Å²) in [5.74, 6) is 1.07. The maximum Gasteiger partial charge on any atom is 0.224 e. The highest BCUT2D eigenvalue weighted by atomic mass is 15.1. The van der Waals surface area contributed by atoms with Gasteiger partial charge in [0.25, 0.3) is 0 Å². The van der Waals surface area contributed by atoms with Gasteiger partial charge in [-0.1, -0.05) is 18.2 Å². The molecule has 0 fully saturated rings. The third-order valence-electron chi connectivity index (χ3n) is 3.22. The number of nitrogens with one attached hydrogen (secondary N) is 1. The molecule has 1 aromatic carbocycles. The molecule has 0 amide bonds. The van der Waals surface area contributed by atoms with Crippen LogP contribution in [0.25, 0.3) is 10.9 Å². The maximum absolute atomic E-state index is 5.61. The molecule has 0 aliphatic heterocycles. The van der Waals surface area contributed by atoms with Crippen LogP contribution in [0.2, 0.25) is 0 Å². The van der Waals surface area contributed by atoms with Crippen molar-refractivity contribution in [2.45, 2.75) is 13.0 Å². The summed E-state index contributed by atoms with van der Waals surface area (Å²) < 4.78 is 2.26. The first kappa shape index (κ1) is 12.5. The van der Waals surface area contributed by atoms with Crippen LogP contribution in [-0.2, 0) is 6.54 Å². The van der Waals surface area contributed by atoms with Gasteiger partial charge in [0.2, 0.25) is 5.95 Å². The molecule has 0 radical (unpaired) electrons. The standard InChI is InChI=1S/C15H17N5/c16-14-6-9-18-15(19-14)17-8-3-10-20-11-7-12-4-1-2-5-13(12)20/h1-2,4-7,9,11H,3,8,10H2,(H3,16,17,18,19). The average molecular weight is 267 g/mol. The van der Waals surface area contributed by atoms with E-state index in [2.05, 4.69) is 56.4 Å². The summed E-state index contributed by atoms with van der Waals surface area (Å²) in [5.41, 5.74) is 6.88. The number of aromatic nitrogens is 3. The highest BCUT2D eigenvalue weighted by Crippen LogP contribution is 2.15. The molecule has 0 unspecified atom stereocenters. The molecule has 0 aliphatic carbocycles. The number of benzene rings is 1. The molecule has 0 saturated carbocycles. The summed E-state index contributed by atoms with van der Waals surface area (Å²) in [6, 6.07) is 12.2. The van der Waals surface area contributed by atoms with Crippen molar-refractivity contribution in [1.82, 2.24) is 14.5 Å². The molecule has 0 bridgehead atoms. The number of nitrogens with two attached hydrogens (primary N) is 1. The van der Waals surface area contributed by atoms with E-state index in [0.29, 0.717) is 11.8 Å². The number of hydrogen-bond acceptors (Lipinski definition) is 4. The SMILES string of the molecule is Nc1ccnc(NCCCn2ccc3ccccc32)n1. The van der Waals surface area contributed by atoms with Gasteiger partial charge in [0.05, 0.1) is 0 Å². The normalized spacial score (nSPS) is 10.8. The number of hydrogen-bond donors (Lipinski definition) is 2. The van der Waals surface area contributed by atoms with Crippen LogP contribution in [0.15, 0.2) is 48.8 Å². The number of para-hydroxylation sites is 1. The summed E-state index contributed by atoms with van der Waals surface area (Å²) in [6.07, 6.45) is 4.78. The first-order chi connectivity index (χ1) is 9.83. The highest BCUT2D eigenvalue weighted by Gasteiger charge is 2.00. The quantitative estimate of drug-likeness (QED) is 0.697. The zero-order valence-corrected chi connectivity index (χ0v) is 11.2. The molecule has 0 saturated heterocycles. The molecule has 2 aromatic heterocycles. The van der Waals surface area contributed by atoms with Crippen LogP contribution in [0.1, 0.15) is 6.42 Å². The van der Waals surface area contributed by atoms with E-state index in [-0.39, 0.29) is 0 Å². The second kappa shape index (κ2) is 5.61. The number of fused-ring (bicyclic) bond motifs is 1. The maximum atomic E-state index is 5.61. The van der Waals surface area contributed by atoms with Crippen molar-refractivity contribution in [3.63, 3.8) is 0 Å². The van der Waals surface area contributed by atoms with E-state index in [9.17, 15) is 0 Å². The summed E-state index contributed by atoms with van der Waals surface area (Å²) in [6.45, 7) is 1.78. The Kier molecular flexibility index (Phi) is 3.50. The van der Waals surface area contributed by atoms with Crippen LogP contribution in [-0.4, -0.2) is 21.1 Å². The van der Waals surface area contributed by atoms with Crippen molar-refractivity contribution in [1.29, 1.82) is 0 Å². The molecule has 3 aromatic rings. The molecule has 5 nitrogen and oxygen atoms in total. The van der Waals surface area contributed by atoms with Crippen molar-refractivity contribution in [3.05, 3.63) is 48.8 Å². The first-order valence-electron chi connectivity index (χ1n) is 6.69. The molecule has 0 atom stereocenters. The largest absolute Gasteiger partial charge is 0.384 e. The molecule has 2 heterocycles. The monoisotopic (exact) mass is 267 g/mol. The zero-order valence-electron chi connectivity index (χ0n) is 11.2.